The molecule has 1 saturated heterocycles. The molecule has 0 amide bonds. The number of benzene rings is 1. The smallest absolute Gasteiger partial charge is 0.243 e. The highest BCUT2D eigenvalue weighted by molar-refractivity contribution is 7.89. The third kappa shape index (κ3) is 2.87. The minimum atomic E-state index is -3.63. The molecule has 112 valence electrons. The predicted molar refractivity (Wildman–Crippen MR) is 76.5 cm³/mol. The van der Waals surface area contributed by atoms with E-state index in [0.717, 1.165) is 0 Å². The molecule has 1 aliphatic heterocycles. The van der Waals surface area contributed by atoms with E-state index in [0.29, 0.717) is 13.1 Å². The van der Waals surface area contributed by atoms with Gasteiger partial charge in [-0.2, -0.15) is 4.31 Å². The van der Waals surface area contributed by atoms with Gasteiger partial charge in [-0.3, -0.25) is 0 Å². The number of nitrogens with zero attached hydrogens (tertiary/aromatic N) is 1. The van der Waals surface area contributed by atoms with Crippen molar-refractivity contribution in [3.05, 3.63) is 30.1 Å². The number of hydrogen-bond donors (Lipinski definition) is 1. The lowest BCUT2D eigenvalue weighted by molar-refractivity contribution is 0.116. The molecule has 0 saturated carbocycles. The van der Waals surface area contributed by atoms with E-state index >= 15 is 0 Å². The SMILES string of the molecule is CC1(C)CN(S(=O)(=O)c2ccc(F)cc2)C(C)(C)CN1. The van der Waals surface area contributed by atoms with Crippen molar-refractivity contribution >= 4 is 10.0 Å². The lowest BCUT2D eigenvalue weighted by Crippen LogP contribution is -2.67. The average Bonchev–Trinajstić information content (AvgIpc) is 2.33. The van der Waals surface area contributed by atoms with E-state index in [1.54, 1.807) is 0 Å². The van der Waals surface area contributed by atoms with Crippen molar-refractivity contribution in [1.29, 1.82) is 0 Å². The maximum atomic E-state index is 13.0. The molecule has 6 heteroatoms. The van der Waals surface area contributed by atoms with Gasteiger partial charge in [-0.25, -0.2) is 12.8 Å². The normalized spacial score (nSPS) is 22.6. The van der Waals surface area contributed by atoms with Crippen molar-refractivity contribution in [2.45, 2.75) is 43.7 Å². The largest absolute Gasteiger partial charge is 0.309 e. The monoisotopic (exact) mass is 300 g/mol. The van der Waals surface area contributed by atoms with Crippen LogP contribution in [-0.2, 0) is 10.0 Å². The molecule has 0 atom stereocenters. The van der Waals surface area contributed by atoms with Gasteiger partial charge in [-0.15, -0.1) is 0 Å². The summed E-state index contributed by atoms with van der Waals surface area (Å²) < 4.78 is 40.0. The van der Waals surface area contributed by atoms with E-state index in [1.807, 2.05) is 27.7 Å². The summed E-state index contributed by atoms with van der Waals surface area (Å²) in [5.74, 6) is -0.441. The molecule has 2 rings (SSSR count). The fraction of sp³-hybridized carbons (Fsp3) is 0.571. The first-order chi connectivity index (χ1) is 9.05. The summed E-state index contributed by atoms with van der Waals surface area (Å²) in [6.45, 7) is 8.65. The van der Waals surface area contributed by atoms with Gasteiger partial charge in [0, 0.05) is 24.2 Å². The number of halogens is 1. The summed E-state index contributed by atoms with van der Waals surface area (Å²) in [4.78, 5) is 0.129. The molecule has 0 aliphatic carbocycles. The second-order valence-electron chi connectivity index (χ2n) is 6.52. The lowest BCUT2D eigenvalue weighted by atomic mass is 9.94. The first-order valence-electron chi connectivity index (χ1n) is 6.58. The molecule has 0 bridgehead atoms. The molecule has 1 fully saturated rings. The zero-order valence-electron chi connectivity index (χ0n) is 12.3. The minimum Gasteiger partial charge on any atom is -0.309 e. The second-order valence-corrected chi connectivity index (χ2v) is 8.38. The van der Waals surface area contributed by atoms with Gasteiger partial charge in [0.25, 0.3) is 0 Å². The molecule has 1 heterocycles. The molecule has 0 unspecified atom stereocenters. The summed E-state index contributed by atoms with van der Waals surface area (Å²) in [5.41, 5.74) is -0.814. The lowest BCUT2D eigenvalue weighted by Gasteiger charge is -2.48. The van der Waals surface area contributed by atoms with E-state index < -0.39 is 21.4 Å². The van der Waals surface area contributed by atoms with Crippen LogP contribution in [0.15, 0.2) is 29.2 Å². The summed E-state index contributed by atoms with van der Waals surface area (Å²) >= 11 is 0. The molecular weight excluding hydrogens is 279 g/mol. The first-order valence-corrected chi connectivity index (χ1v) is 8.02. The van der Waals surface area contributed by atoms with E-state index in [1.165, 1.54) is 28.6 Å². The van der Waals surface area contributed by atoms with Crippen LogP contribution in [0.1, 0.15) is 27.7 Å². The fourth-order valence-electron chi connectivity index (χ4n) is 2.32. The number of sulfonamides is 1. The Labute approximate surface area is 120 Å². The Morgan fingerprint density at radius 2 is 1.70 bits per heavy atom. The summed E-state index contributed by atoms with van der Waals surface area (Å²) in [6, 6.07) is 4.98. The van der Waals surface area contributed by atoms with Crippen LogP contribution in [0, 0.1) is 5.82 Å². The molecule has 1 aliphatic rings. The maximum Gasteiger partial charge on any atom is 0.243 e. The van der Waals surface area contributed by atoms with Crippen molar-refractivity contribution in [2.75, 3.05) is 13.1 Å². The van der Waals surface area contributed by atoms with E-state index in [-0.39, 0.29) is 10.4 Å². The molecule has 1 aromatic carbocycles. The summed E-state index contributed by atoms with van der Waals surface area (Å²) in [6.07, 6.45) is 0. The van der Waals surface area contributed by atoms with Crippen molar-refractivity contribution in [1.82, 2.24) is 9.62 Å². The van der Waals surface area contributed by atoms with Crippen molar-refractivity contribution in [3.8, 4) is 0 Å². The number of piperazine rings is 1. The van der Waals surface area contributed by atoms with Gasteiger partial charge in [0.2, 0.25) is 10.0 Å². The molecule has 4 nitrogen and oxygen atoms in total. The van der Waals surface area contributed by atoms with Gasteiger partial charge in [-0.1, -0.05) is 0 Å². The van der Waals surface area contributed by atoms with Crippen molar-refractivity contribution in [3.63, 3.8) is 0 Å². The highest BCUT2D eigenvalue weighted by atomic mass is 32.2. The van der Waals surface area contributed by atoms with Gasteiger partial charge in [0.1, 0.15) is 5.82 Å². The zero-order chi connectivity index (χ0) is 15.2. The highest BCUT2D eigenvalue weighted by Gasteiger charge is 2.44. The zero-order valence-corrected chi connectivity index (χ0v) is 13.1. The van der Waals surface area contributed by atoms with Crippen LogP contribution >= 0.6 is 0 Å². The first kappa shape index (κ1) is 15.4. The predicted octanol–water partition coefficient (Wildman–Crippen LogP) is 1.98. The van der Waals surface area contributed by atoms with Crippen LogP contribution in [0.3, 0.4) is 0 Å². The Morgan fingerprint density at radius 1 is 1.15 bits per heavy atom. The number of hydrogen-bond acceptors (Lipinski definition) is 3. The molecule has 0 spiro atoms. The van der Waals surface area contributed by atoms with Gasteiger partial charge in [0.15, 0.2) is 0 Å². The summed E-state index contributed by atoms with van der Waals surface area (Å²) in [7, 11) is -3.63. The van der Waals surface area contributed by atoms with Gasteiger partial charge in [-0.05, 0) is 52.0 Å². The Bertz CT molecular complexity index is 594. The van der Waals surface area contributed by atoms with E-state index in [2.05, 4.69) is 5.32 Å². The molecule has 1 aromatic rings. The Balaban J connectivity index is 2.43. The molecule has 0 radical (unpaired) electrons. The fourth-order valence-corrected chi connectivity index (χ4v) is 4.26. The molecular formula is C14H21FN2O2S. The molecule has 20 heavy (non-hydrogen) atoms. The quantitative estimate of drug-likeness (QED) is 0.908. The van der Waals surface area contributed by atoms with Crippen molar-refractivity contribution in [2.24, 2.45) is 0 Å². The maximum absolute atomic E-state index is 13.0. The average molecular weight is 300 g/mol. The topological polar surface area (TPSA) is 49.4 Å². The van der Waals surface area contributed by atoms with Crippen LogP contribution in [-0.4, -0.2) is 36.9 Å². The van der Waals surface area contributed by atoms with Crippen molar-refractivity contribution < 1.29 is 12.8 Å². The third-order valence-electron chi connectivity index (χ3n) is 3.62. The highest BCUT2D eigenvalue weighted by Crippen LogP contribution is 2.30. The van der Waals surface area contributed by atoms with Crippen LogP contribution < -0.4 is 5.32 Å². The minimum absolute atomic E-state index is 0.129. The second kappa shape index (κ2) is 4.79. The van der Waals surface area contributed by atoms with E-state index in [9.17, 15) is 12.8 Å². The third-order valence-corrected chi connectivity index (χ3v) is 5.69. The summed E-state index contributed by atoms with van der Waals surface area (Å²) in [5, 5.41) is 3.35. The molecule has 1 N–H and O–H groups in total. The number of nitrogens with one attached hydrogen (secondary N) is 1. The van der Waals surface area contributed by atoms with Crippen LogP contribution in [0.25, 0.3) is 0 Å². The van der Waals surface area contributed by atoms with Gasteiger partial charge in [0.05, 0.1) is 4.90 Å². The van der Waals surface area contributed by atoms with Crippen LogP contribution in [0.2, 0.25) is 0 Å². The standard InChI is InChI=1S/C14H21FN2O2S/c1-13(2)10-17(14(3,4)9-16-13)20(18,19)12-7-5-11(15)6-8-12/h5-8,16H,9-10H2,1-4H3. The van der Waals surface area contributed by atoms with Gasteiger partial charge >= 0.3 is 0 Å². The number of rotatable bonds is 2. The Kier molecular flexibility index (Phi) is 3.69. The Morgan fingerprint density at radius 3 is 2.25 bits per heavy atom. The van der Waals surface area contributed by atoms with Crippen LogP contribution in [0.5, 0.6) is 0 Å². The molecule has 0 aromatic heterocycles. The van der Waals surface area contributed by atoms with Crippen LogP contribution in [0.4, 0.5) is 4.39 Å². The van der Waals surface area contributed by atoms with E-state index in [4.69, 9.17) is 0 Å². The van der Waals surface area contributed by atoms with Gasteiger partial charge < -0.3 is 5.32 Å². The Hall–Kier alpha value is -0.980.